The van der Waals surface area contributed by atoms with Crippen LogP contribution in [-0.2, 0) is 0 Å². The number of aromatic nitrogens is 1. The summed E-state index contributed by atoms with van der Waals surface area (Å²) < 4.78 is 0. The fraction of sp³-hybridized carbons (Fsp3) is 0.208. The second-order valence-corrected chi connectivity index (χ2v) is 7.26. The number of amides is 1. The SMILES string of the molecule is N#Cc1ccccc1Nc1cc(C(=O)Nc2ccc(N3CCCCC3)cc2)ccn1. The van der Waals surface area contributed by atoms with Crippen LogP contribution in [0.1, 0.15) is 35.2 Å². The van der Waals surface area contributed by atoms with Crippen molar-refractivity contribution >= 4 is 28.8 Å². The number of nitriles is 1. The molecule has 1 aliphatic rings. The van der Waals surface area contributed by atoms with Crippen molar-refractivity contribution in [3.05, 3.63) is 78.0 Å². The molecule has 6 heteroatoms. The van der Waals surface area contributed by atoms with Crippen molar-refractivity contribution in [2.24, 2.45) is 0 Å². The molecule has 0 unspecified atom stereocenters. The van der Waals surface area contributed by atoms with Crippen molar-refractivity contribution in [3.8, 4) is 6.07 Å². The van der Waals surface area contributed by atoms with Crippen LogP contribution in [0.2, 0.25) is 0 Å². The smallest absolute Gasteiger partial charge is 0.255 e. The van der Waals surface area contributed by atoms with Crippen LogP contribution in [0.4, 0.5) is 22.9 Å². The second kappa shape index (κ2) is 9.10. The highest BCUT2D eigenvalue weighted by Crippen LogP contribution is 2.23. The van der Waals surface area contributed by atoms with E-state index in [1.54, 1.807) is 36.5 Å². The van der Waals surface area contributed by atoms with E-state index in [-0.39, 0.29) is 5.91 Å². The highest BCUT2D eigenvalue weighted by Gasteiger charge is 2.12. The molecule has 1 aromatic heterocycles. The van der Waals surface area contributed by atoms with Crippen LogP contribution in [0, 0.1) is 11.3 Å². The number of anilines is 4. The molecule has 1 aliphatic heterocycles. The van der Waals surface area contributed by atoms with Crippen molar-refractivity contribution in [2.75, 3.05) is 28.6 Å². The average Bonchev–Trinajstić information content (AvgIpc) is 2.81. The molecule has 30 heavy (non-hydrogen) atoms. The third kappa shape index (κ3) is 4.58. The number of nitrogens with one attached hydrogen (secondary N) is 2. The molecule has 3 aromatic rings. The zero-order chi connectivity index (χ0) is 20.8. The Labute approximate surface area is 176 Å². The van der Waals surface area contributed by atoms with Gasteiger partial charge >= 0.3 is 0 Å². The summed E-state index contributed by atoms with van der Waals surface area (Å²) in [5.41, 5.74) is 3.60. The van der Waals surface area contributed by atoms with Gasteiger partial charge in [-0.1, -0.05) is 12.1 Å². The third-order valence-corrected chi connectivity index (χ3v) is 5.18. The lowest BCUT2D eigenvalue weighted by molar-refractivity contribution is 0.102. The number of hydrogen-bond donors (Lipinski definition) is 2. The van der Waals surface area contributed by atoms with Gasteiger partial charge in [-0.3, -0.25) is 4.79 Å². The Morgan fingerprint density at radius 3 is 2.53 bits per heavy atom. The molecule has 1 amide bonds. The number of benzene rings is 2. The zero-order valence-corrected chi connectivity index (χ0v) is 16.6. The molecule has 0 aliphatic carbocycles. The normalized spacial score (nSPS) is 13.4. The number of hydrogen-bond acceptors (Lipinski definition) is 5. The van der Waals surface area contributed by atoms with Gasteiger partial charge in [-0.2, -0.15) is 5.26 Å². The fourth-order valence-electron chi connectivity index (χ4n) is 3.58. The van der Waals surface area contributed by atoms with E-state index in [0.29, 0.717) is 22.6 Å². The van der Waals surface area contributed by atoms with Gasteiger partial charge in [0.05, 0.1) is 11.3 Å². The van der Waals surface area contributed by atoms with Gasteiger partial charge in [0, 0.05) is 36.2 Å². The van der Waals surface area contributed by atoms with Gasteiger partial charge in [0.2, 0.25) is 0 Å². The molecule has 4 rings (SSSR count). The summed E-state index contributed by atoms with van der Waals surface area (Å²) in [6.07, 6.45) is 5.34. The first kappa shape index (κ1) is 19.5. The minimum atomic E-state index is -0.209. The van der Waals surface area contributed by atoms with Gasteiger partial charge in [-0.15, -0.1) is 0 Å². The van der Waals surface area contributed by atoms with E-state index in [4.69, 9.17) is 0 Å². The maximum atomic E-state index is 12.7. The van der Waals surface area contributed by atoms with Crippen molar-refractivity contribution < 1.29 is 4.79 Å². The van der Waals surface area contributed by atoms with Crippen LogP contribution in [0.25, 0.3) is 0 Å². The van der Waals surface area contributed by atoms with Gasteiger partial charge in [0.1, 0.15) is 11.9 Å². The number of piperidine rings is 1. The van der Waals surface area contributed by atoms with Crippen LogP contribution in [-0.4, -0.2) is 24.0 Å². The predicted molar refractivity (Wildman–Crippen MR) is 119 cm³/mol. The van der Waals surface area contributed by atoms with Crippen LogP contribution >= 0.6 is 0 Å². The van der Waals surface area contributed by atoms with Crippen LogP contribution in [0.5, 0.6) is 0 Å². The standard InChI is InChI=1S/C24H23N5O/c25-17-19-6-2-3-7-22(19)28-23-16-18(12-13-26-23)24(30)27-20-8-10-21(11-9-20)29-14-4-1-5-15-29/h2-3,6-13,16H,1,4-5,14-15H2,(H,26,28)(H,27,30). The maximum absolute atomic E-state index is 12.7. The van der Waals surface area contributed by atoms with E-state index in [1.165, 1.54) is 24.9 Å². The molecule has 0 atom stereocenters. The summed E-state index contributed by atoms with van der Waals surface area (Å²) in [5, 5.41) is 15.3. The van der Waals surface area contributed by atoms with Crippen LogP contribution in [0.3, 0.4) is 0 Å². The van der Waals surface area contributed by atoms with E-state index >= 15 is 0 Å². The molecular weight excluding hydrogens is 374 g/mol. The molecule has 0 spiro atoms. The van der Waals surface area contributed by atoms with Crippen molar-refractivity contribution in [2.45, 2.75) is 19.3 Å². The summed E-state index contributed by atoms with van der Waals surface area (Å²) in [6, 6.07) is 20.6. The predicted octanol–water partition coefficient (Wildman–Crippen LogP) is 4.94. The maximum Gasteiger partial charge on any atom is 0.255 e. The quantitative estimate of drug-likeness (QED) is 0.637. The van der Waals surface area contributed by atoms with Gasteiger partial charge in [0.15, 0.2) is 0 Å². The summed E-state index contributed by atoms with van der Waals surface area (Å²) in [5.74, 6) is 0.297. The van der Waals surface area contributed by atoms with Gasteiger partial charge in [-0.05, 0) is 67.8 Å². The highest BCUT2D eigenvalue weighted by atomic mass is 16.1. The number of carbonyl (C=O) groups excluding carboxylic acids is 1. The van der Waals surface area contributed by atoms with E-state index in [1.807, 2.05) is 18.2 Å². The molecule has 6 nitrogen and oxygen atoms in total. The zero-order valence-electron chi connectivity index (χ0n) is 16.6. The third-order valence-electron chi connectivity index (χ3n) is 5.18. The Bertz CT molecular complexity index is 1070. The molecule has 2 heterocycles. The number of para-hydroxylation sites is 1. The van der Waals surface area contributed by atoms with Gasteiger partial charge in [-0.25, -0.2) is 4.98 Å². The first-order chi connectivity index (χ1) is 14.7. The molecule has 1 saturated heterocycles. The summed E-state index contributed by atoms with van der Waals surface area (Å²) in [6.45, 7) is 2.18. The van der Waals surface area contributed by atoms with Crippen molar-refractivity contribution in [1.82, 2.24) is 4.98 Å². The lowest BCUT2D eigenvalue weighted by Gasteiger charge is -2.28. The molecule has 0 saturated carbocycles. The molecule has 0 radical (unpaired) electrons. The summed E-state index contributed by atoms with van der Waals surface area (Å²) in [4.78, 5) is 19.3. The average molecular weight is 397 g/mol. The molecule has 0 bridgehead atoms. The highest BCUT2D eigenvalue weighted by molar-refractivity contribution is 6.04. The number of nitrogens with zero attached hydrogens (tertiary/aromatic N) is 3. The fourth-order valence-corrected chi connectivity index (χ4v) is 3.58. The molecule has 2 N–H and O–H groups in total. The van der Waals surface area contributed by atoms with E-state index in [0.717, 1.165) is 18.8 Å². The topological polar surface area (TPSA) is 81.0 Å². The van der Waals surface area contributed by atoms with E-state index < -0.39 is 0 Å². The lowest BCUT2D eigenvalue weighted by atomic mass is 10.1. The monoisotopic (exact) mass is 397 g/mol. The van der Waals surface area contributed by atoms with E-state index in [9.17, 15) is 10.1 Å². The molecule has 150 valence electrons. The summed E-state index contributed by atoms with van der Waals surface area (Å²) in [7, 11) is 0. The first-order valence-corrected chi connectivity index (χ1v) is 10.1. The summed E-state index contributed by atoms with van der Waals surface area (Å²) >= 11 is 0. The Kier molecular flexibility index (Phi) is 5.90. The minimum Gasteiger partial charge on any atom is -0.372 e. The number of pyridine rings is 1. The molecule has 1 fully saturated rings. The number of rotatable bonds is 5. The Morgan fingerprint density at radius 2 is 1.77 bits per heavy atom. The molecular formula is C24H23N5O. The largest absolute Gasteiger partial charge is 0.372 e. The van der Waals surface area contributed by atoms with Gasteiger partial charge < -0.3 is 15.5 Å². The van der Waals surface area contributed by atoms with Gasteiger partial charge in [0.25, 0.3) is 5.91 Å². The van der Waals surface area contributed by atoms with Crippen molar-refractivity contribution in [1.29, 1.82) is 5.26 Å². The van der Waals surface area contributed by atoms with Crippen LogP contribution in [0.15, 0.2) is 66.9 Å². The minimum absolute atomic E-state index is 0.209. The Balaban J connectivity index is 1.43. The Morgan fingerprint density at radius 1 is 1.00 bits per heavy atom. The van der Waals surface area contributed by atoms with Crippen LogP contribution < -0.4 is 15.5 Å². The van der Waals surface area contributed by atoms with Crippen molar-refractivity contribution in [3.63, 3.8) is 0 Å². The Hall–Kier alpha value is -3.85. The van der Waals surface area contributed by atoms with E-state index in [2.05, 4.69) is 38.7 Å². The molecule has 2 aromatic carbocycles. The first-order valence-electron chi connectivity index (χ1n) is 10.1. The lowest BCUT2D eigenvalue weighted by Crippen LogP contribution is -2.29. The number of carbonyl (C=O) groups is 1. The second-order valence-electron chi connectivity index (χ2n) is 7.26.